The van der Waals surface area contributed by atoms with Crippen LogP contribution in [-0.4, -0.2) is 16.1 Å². The third kappa shape index (κ3) is 2.76. The number of nitrogens with two attached hydrogens (primary N) is 1. The summed E-state index contributed by atoms with van der Waals surface area (Å²) in [5.41, 5.74) is 5.15. The van der Waals surface area contributed by atoms with E-state index in [1.807, 2.05) is 0 Å². The van der Waals surface area contributed by atoms with Crippen molar-refractivity contribution in [1.29, 1.82) is 0 Å². The Bertz CT molecular complexity index is 647. The van der Waals surface area contributed by atoms with Crippen LogP contribution in [0.25, 0.3) is 0 Å². The third-order valence-electron chi connectivity index (χ3n) is 2.25. The standard InChI is InChI=1S/C12H8F2N2O3/c13-6-1-2-10(8(14)3-6)19-11-4-7(12(17)18)9(15)5-16-11/h1-5H,15H2,(H,17,18). The maximum atomic E-state index is 13.3. The van der Waals surface area contributed by atoms with Gasteiger partial charge in [-0.3, -0.25) is 0 Å². The number of aromatic nitrogens is 1. The quantitative estimate of drug-likeness (QED) is 0.891. The molecule has 0 radical (unpaired) electrons. The highest BCUT2D eigenvalue weighted by molar-refractivity contribution is 5.93. The van der Waals surface area contributed by atoms with Gasteiger partial charge in [-0.2, -0.15) is 0 Å². The summed E-state index contributed by atoms with van der Waals surface area (Å²) in [6, 6.07) is 3.78. The molecule has 1 aromatic heterocycles. The molecule has 98 valence electrons. The molecule has 1 aromatic carbocycles. The number of halogens is 2. The average molecular weight is 266 g/mol. The van der Waals surface area contributed by atoms with E-state index < -0.39 is 17.6 Å². The Morgan fingerprint density at radius 2 is 2.05 bits per heavy atom. The number of carboxylic acid groups (broad SMARTS) is 1. The van der Waals surface area contributed by atoms with Gasteiger partial charge in [0.25, 0.3) is 0 Å². The monoisotopic (exact) mass is 266 g/mol. The van der Waals surface area contributed by atoms with Gasteiger partial charge in [-0.05, 0) is 12.1 Å². The van der Waals surface area contributed by atoms with Crippen LogP contribution in [0.15, 0.2) is 30.5 Å². The first kappa shape index (κ1) is 12.7. The predicted octanol–water partition coefficient (Wildman–Crippen LogP) is 2.43. The third-order valence-corrected chi connectivity index (χ3v) is 2.25. The molecule has 0 spiro atoms. The molecule has 19 heavy (non-hydrogen) atoms. The molecule has 0 atom stereocenters. The van der Waals surface area contributed by atoms with Gasteiger partial charge in [-0.25, -0.2) is 18.6 Å². The Morgan fingerprint density at radius 1 is 1.32 bits per heavy atom. The van der Waals surface area contributed by atoms with Gasteiger partial charge in [0.1, 0.15) is 5.82 Å². The van der Waals surface area contributed by atoms with Crippen LogP contribution in [-0.2, 0) is 0 Å². The number of rotatable bonds is 3. The van der Waals surface area contributed by atoms with E-state index in [1.54, 1.807) is 0 Å². The van der Waals surface area contributed by atoms with Gasteiger partial charge in [0, 0.05) is 12.1 Å². The second-order valence-electron chi connectivity index (χ2n) is 3.59. The molecule has 7 heteroatoms. The first-order chi connectivity index (χ1) is 8.97. The van der Waals surface area contributed by atoms with Gasteiger partial charge in [-0.15, -0.1) is 0 Å². The van der Waals surface area contributed by atoms with E-state index in [0.717, 1.165) is 24.4 Å². The zero-order valence-corrected chi connectivity index (χ0v) is 9.43. The largest absolute Gasteiger partial charge is 0.478 e. The van der Waals surface area contributed by atoms with Gasteiger partial charge in [-0.1, -0.05) is 0 Å². The summed E-state index contributed by atoms with van der Waals surface area (Å²) in [6.07, 6.45) is 1.08. The molecule has 1 heterocycles. The van der Waals surface area contributed by atoms with Crippen molar-refractivity contribution in [3.05, 3.63) is 47.7 Å². The molecule has 0 saturated heterocycles. The molecule has 0 aliphatic rings. The second kappa shape index (κ2) is 4.89. The summed E-state index contributed by atoms with van der Waals surface area (Å²) in [4.78, 5) is 14.6. The molecule has 0 bridgehead atoms. The van der Waals surface area contributed by atoms with Gasteiger partial charge in [0.05, 0.1) is 17.4 Å². The van der Waals surface area contributed by atoms with Crippen LogP contribution < -0.4 is 10.5 Å². The molecule has 3 N–H and O–H groups in total. The van der Waals surface area contributed by atoms with E-state index in [0.29, 0.717) is 6.07 Å². The van der Waals surface area contributed by atoms with Crippen LogP contribution in [0.1, 0.15) is 10.4 Å². The Morgan fingerprint density at radius 3 is 2.68 bits per heavy atom. The van der Waals surface area contributed by atoms with Crippen LogP contribution in [0.4, 0.5) is 14.5 Å². The van der Waals surface area contributed by atoms with E-state index in [9.17, 15) is 13.6 Å². The summed E-state index contributed by atoms with van der Waals surface area (Å²) >= 11 is 0. The molecule has 0 aliphatic carbocycles. The number of anilines is 1. The summed E-state index contributed by atoms with van der Waals surface area (Å²) in [5, 5.41) is 8.86. The van der Waals surface area contributed by atoms with Crippen molar-refractivity contribution in [1.82, 2.24) is 4.98 Å². The highest BCUT2D eigenvalue weighted by atomic mass is 19.1. The molecule has 0 saturated carbocycles. The Balaban J connectivity index is 2.33. The molecule has 0 aliphatic heterocycles. The number of carboxylic acids is 1. The second-order valence-corrected chi connectivity index (χ2v) is 3.59. The van der Waals surface area contributed by atoms with Gasteiger partial charge < -0.3 is 15.6 Å². The number of carbonyl (C=O) groups is 1. The zero-order valence-electron chi connectivity index (χ0n) is 9.43. The number of pyridine rings is 1. The van der Waals surface area contributed by atoms with E-state index in [4.69, 9.17) is 15.6 Å². The minimum atomic E-state index is -1.26. The lowest BCUT2D eigenvalue weighted by Gasteiger charge is -2.07. The van der Waals surface area contributed by atoms with Gasteiger partial charge >= 0.3 is 5.97 Å². The van der Waals surface area contributed by atoms with Crippen molar-refractivity contribution < 1.29 is 23.4 Å². The smallest absolute Gasteiger partial charge is 0.338 e. The Hall–Kier alpha value is -2.70. The maximum absolute atomic E-state index is 13.3. The van der Waals surface area contributed by atoms with Crippen molar-refractivity contribution in [2.24, 2.45) is 0 Å². The van der Waals surface area contributed by atoms with Crippen molar-refractivity contribution in [3.63, 3.8) is 0 Å². The highest BCUT2D eigenvalue weighted by Crippen LogP contribution is 2.25. The molecular weight excluding hydrogens is 258 g/mol. The SMILES string of the molecule is Nc1cnc(Oc2ccc(F)cc2F)cc1C(=O)O. The number of hydrogen-bond acceptors (Lipinski definition) is 4. The summed E-state index contributed by atoms with van der Waals surface area (Å²) in [5.74, 6) is -3.35. The number of aromatic carboxylic acids is 1. The molecule has 2 rings (SSSR count). The van der Waals surface area contributed by atoms with Crippen molar-refractivity contribution in [3.8, 4) is 11.6 Å². The first-order valence-corrected chi connectivity index (χ1v) is 5.09. The molecule has 2 aromatic rings. The normalized spacial score (nSPS) is 10.2. The summed E-state index contributed by atoms with van der Waals surface area (Å²) in [7, 11) is 0. The lowest BCUT2D eigenvalue weighted by Crippen LogP contribution is -2.04. The number of hydrogen-bond donors (Lipinski definition) is 2. The van der Waals surface area contributed by atoms with Crippen molar-refractivity contribution in [2.75, 3.05) is 5.73 Å². The van der Waals surface area contributed by atoms with E-state index >= 15 is 0 Å². The fourth-order valence-corrected chi connectivity index (χ4v) is 1.36. The minimum absolute atomic E-state index is 0.0422. The number of nitrogen functional groups attached to an aromatic ring is 1. The fourth-order valence-electron chi connectivity index (χ4n) is 1.36. The zero-order chi connectivity index (χ0) is 14.0. The van der Waals surface area contributed by atoms with Gasteiger partial charge in [0.2, 0.25) is 5.88 Å². The summed E-state index contributed by atoms with van der Waals surface area (Å²) < 4.78 is 31.1. The van der Waals surface area contributed by atoms with Crippen LogP contribution in [0.2, 0.25) is 0 Å². The number of benzene rings is 1. The minimum Gasteiger partial charge on any atom is -0.478 e. The van der Waals surface area contributed by atoms with Crippen molar-refractivity contribution in [2.45, 2.75) is 0 Å². The van der Waals surface area contributed by atoms with Crippen LogP contribution in [0.3, 0.4) is 0 Å². The van der Waals surface area contributed by atoms with Gasteiger partial charge in [0.15, 0.2) is 11.6 Å². The Labute approximate surface area is 106 Å². The lowest BCUT2D eigenvalue weighted by atomic mass is 10.2. The van der Waals surface area contributed by atoms with Crippen LogP contribution in [0.5, 0.6) is 11.6 Å². The fraction of sp³-hybridized carbons (Fsp3) is 0. The number of nitrogens with zero attached hydrogens (tertiary/aromatic N) is 1. The first-order valence-electron chi connectivity index (χ1n) is 5.09. The molecule has 0 amide bonds. The lowest BCUT2D eigenvalue weighted by molar-refractivity contribution is 0.0697. The van der Waals surface area contributed by atoms with E-state index in [-0.39, 0.29) is 22.9 Å². The average Bonchev–Trinajstić information content (AvgIpc) is 2.34. The summed E-state index contributed by atoms with van der Waals surface area (Å²) in [6.45, 7) is 0. The molecule has 0 fully saturated rings. The molecule has 5 nitrogen and oxygen atoms in total. The number of ether oxygens (including phenoxy) is 1. The predicted molar refractivity (Wildman–Crippen MR) is 62.0 cm³/mol. The Kier molecular flexibility index (Phi) is 3.28. The molecular formula is C12H8F2N2O3. The highest BCUT2D eigenvalue weighted by Gasteiger charge is 2.12. The van der Waals surface area contributed by atoms with Crippen LogP contribution >= 0.6 is 0 Å². The van der Waals surface area contributed by atoms with Crippen molar-refractivity contribution >= 4 is 11.7 Å². The van der Waals surface area contributed by atoms with E-state index in [1.165, 1.54) is 0 Å². The van der Waals surface area contributed by atoms with Crippen LogP contribution in [0, 0.1) is 11.6 Å². The topological polar surface area (TPSA) is 85.4 Å². The molecule has 0 unspecified atom stereocenters. The maximum Gasteiger partial charge on any atom is 0.338 e. The van der Waals surface area contributed by atoms with E-state index in [2.05, 4.69) is 4.98 Å².